The van der Waals surface area contributed by atoms with Crippen molar-refractivity contribution in [2.45, 2.75) is 52.8 Å². The molecule has 2 aromatic heterocycles. The number of hydrogen-bond acceptors (Lipinski definition) is 6. The predicted octanol–water partition coefficient (Wildman–Crippen LogP) is 4.51. The van der Waals surface area contributed by atoms with Crippen LogP contribution in [0.3, 0.4) is 0 Å². The second-order valence-corrected chi connectivity index (χ2v) is 7.68. The Bertz CT molecular complexity index is 1030. The van der Waals surface area contributed by atoms with Crippen LogP contribution in [0.15, 0.2) is 30.6 Å². The molecule has 0 aliphatic rings. The second kappa shape index (κ2) is 8.02. The number of anilines is 2. The molecule has 9 heteroatoms. The number of fused-ring (bicyclic) bond motifs is 1. The fourth-order valence-corrected chi connectivity index (χ4v) is 2.75. The van der Waals surface area contributed by atoms with Gasteiger partial charge in [0, 0.05) is 17.8 Å². The molecule has 8 nitrogen and oxygen atoms in total. The molecule has 1 atom stereocenters. The van der Waals surface area contributed by atoms with Crippen LogP contribution >= 0.6 is 0 Å². The van der Waals surface area contributed by atoms with Crippen LogP contribution in [-0.2, 0) is 11.3 Å². The molecule has 1 amide bonds. The maximum atomic E-state index is 14.4. The molecule has 0 bridgehead atoms. The maximum absolute atomic E-state index is 14.4. The summed E-state index contributed by atoms with van der Waals surface area (Å²) in [6.45, 7) is 9.82. The number of amides is 1. The zero-order valence-corrected chi connectivity index (χ0v) is 17.2. The molecule has 0 saturated carbocycles. The van der Waals surface area contributed by atoms with Gasteiger partial charge in [-0.05, 0) is 52.8 Å². The smallest absolute Gasteiger partial charge is 0.412 e. The van der Waals surface area contributed by atoms with Crippen molar-refractivity contribution in [2.24, 2.45) is 0 Å². The first kappa shape index (κ1) is 20.5. The number of ether oxygens (including phenoxy) is 1. The molecule has 0 spiro atoms. The molecule has 3 aromatic rings. The largest absolute Gasteiger partial charge is 0.444 e. The normalized spacial score (nSPS) is 12.6. The number of nitrogens with one attached hydrogen (secondary N) is 2. The van der Waals surface area contributed by atoms with E-state index in [2.05, 4.69) is 25.7 Å². The minimum atomic E-state index is -0.621. The summed E-state index contributed by atoms with van der Waals surface area (Å²) in [5, 5.41) is 10.1. The Labute approximate surface area is 168 Å². The quantitative estimate of drug-likeness (QED) is 0.655. The topological polar surface area (TPSA) is 94.0 Å². The van der Waals surface area contributed by atoms with Crippen LogP contribution in [0.4, 0.5) is 20.7 Å². The average Bonchev–Trinajstić information content (AvgIpc) is 3.04. The van der Waals surface area contributed by atoms with Crippen LogP contribution in [0.25, 0.3) is 11.2 Å². The first-order valence-corrected chi connectivity index (χ1v) is 9.41. The Morgan fingerprint density at radius 2 is 2.10 bits per heavy atom. The van der Waals surface area contributed by atoms with Crippen LogP contribution in [0, 0.1) is 5.82 Å². The molecule has 0 aliphatic carbocycles. The third-order valence-electron chi connectivity index (χ3n) is 4.07. The number of halogens is 1. The van der Waals surface area contributed by atoms with Crippen LogP contribution in [0.2, 0.25) is 0 Å². The van der Waals surface area contributed by atoms with Crippen molar-refractivity contribution >= 4 is 28.8 Å². The van der Waals surface area contributed by atoms with Gasteiger partial charge in [0.1, 0.15) is 22.8 Å². The molecule has 0 radical (unpaired) electrons. The summed E-state index contributed by atoms with van der Waals surface area (Å²) >= 11 is 0. The fourth-order valence-electron chi connectivity index (χ4n) is 2.75. The molecule has 0 fully saturated rings. The highest BCUT2D eigenvalue weighted by molar-refractivity contribution is 5.85. The third kappa shape index (κ3) is 5.18. The molecule has 1 aromatic carbocycles. The van der Waals surface area contributed by atoms with E-state index < -0.39 is 23.6 Å². The Morgan fingerprint density at radius 3 is 2.79 bits per heavy atom. The highest BCUT2D eigenvalue weighted by atomic mass is 19.1. The highest BCUT2D eigenvalue weighted by Crippen LogP contribution is 2.25. The molecule has 2 N–H and O–H groups in total. The third-order valence-corrected chi connectivity index (χ3v) is 4.07. The summed E-state index contributed by atoms with van der Waals surface area (Å²) < 4.78 is 21.4. The first-order valence-electron chi connectivity index (χ1n) is 9.41. The van der Waals surface area contributed by atoms with Crippen LogP contribution in [-0.4, -0.2) is 31.4 Å². The van der Waals surface area contributed by atoms with Crippen molar-refractivity contribution in [3.05, 3.63) is 42.0 Å². The van der Waals surface area contributed by atoms with E-state index >= 15 is 0 Å². The zero-order valence-electron chi connectivity index (χ0n) is 17.2. The monoisotopic (exact) mass is 400 g/mol. The van der Waals surface area contributed by atoms with Crippen molar-refractivity contribution in [1.29, 1.82) is 0 Å². The summed E-state index contributed by atoms with van der Waals surface area (Å²) in [5.41, 5.74) is 1.40. The Kier molecular flexibility index (Phi) is 5.67. The lowest BCUT2D eigenvalue weighted by Gasteiger charge is -2.20. The van der Waals surface area contributed by atoms with Gasteiger partial charge in [0.25, 0.3) is 0 Å². The van der Waals surface area contributed by atoms with Gasteiger partial charge in [-0.1, -0.05) is 0 Å². The van der Waals surface area contributed by atoms with Crippen molar-refractivity contribution in [2.75, 3.05) is 10.6 Å². The van der Waals surface area contributed by atoms with E-state index in [1.165, 1.54) is 12.1 Å². The number of benzene rings is 1. The van der Waals surface area contributed by atoms with Gasteiger partial charge in [-0.25, -0.2) is 19.2 Å². The maximum Gasteiger partial charge on any atom is 0.412 e. The van der Waals surface area contributed by atoms with Crippen LogP contribution in [0.1, 0.15) is 46.2 Å². The van der Waals surface area contributed by atoms with Gasteiger partial charge >= 0.3 is 6.09 Å². The lowest BCUT2D eigenvalue weighted by Crippen LogP contribution is -2.27. The van der Waals surface area contributed by atoms with Gasteiger partial charge in [-0.3, -0.25) is 10.00 Å². The van der Waals surface area contributed by atoms with Crippen LogP contribution in [0.5, 0.6) is 0 Å². The average molecular weight is 400 g/mol. The number of carbonyl (C=O) groups is 1. The van der Waals surface area contributed by atoms with Gasteiger partial charge in [-0.2, -0.15) is 5.10 Å². The first-order chi connectivity index (χ1) is 13.6. The van der Waals surface area contributed by atoms with E-state index in [9.17, 15) is 9.18 Å². The number of rotatable bonds is 5. The van der Waals surface area contributed by atoms with Gasteiger partial charge in [0.05, 0.1) is 18.4 Å². The Hall–Kier alpha value is -3.23. The lowest BCUT2D eigenvalue weighted by molar-refractivity contribution is 0.0636. The van der Waals surface area contributed by atoms with Crippen LogP contribution < -0.4 is 10.6 Å². The van der Waals surface area contributed by atoms with Gasteiger partial charge < -0.3 is 10.1 Å². The highest BCUT2D eigenvalue weighted by Gasteiger charge is 2.18. The number of nitrogens with zero attached hydrogens (tertiary/aromatic N) is 4. The SMILES string of the molecule is CCn1cc2ncc(N[C@@H](C)c3cc(NC(=O)OC(C)(C)C)ccc3F)nc2n1. The van der Waals surface area contributed by atoms with Crippen molar-refractivity contribution in [3.63, 3.8) is 0 Å². The summed E-state index contributed by atoms with van der Waals surface area (Å²) in [5.74, 6) is 0.0836. The molecular weight excluding hydrogens is 375 g/mol. The number of aromatic nitrogens is 4. The van der Waals surface area contributed by atoms with E-state index in [1.54, 1.807) is 44.6 Å². The summed E-state index contributed by atoms with van der Waals surface area (Å²) in [6.07, 6.45) is 2.81. The van der Waals surface area contributed by atoms with E-state index in [4.69, 9.17) is 4.74 Å². The van der Waals surface area contributed by atoms with Crippen molar-refractivity contribution in [3.8, 4) is 0 Å². The summed E-state index contributed by atoms with van der Waals surface area (Å²) in [6, 6.07) is 3.93. The van der Waals surface area contributed by atoms with Crippen molar-refractivity contribution in [1.82, 2.24) is 19.7 Å². The summed E-state index contributed by atoms with van der Waals surface area (Å²) in [7, 11) is 0. The van der Waals surface area contributed by atoms with E-state index in [1.807, 2.05) is 13.1 Å². The molecule has 3 rings (SSSR count). The summed E-state index contributed by atoms with van der Waals surface area (Å²) in [4.78, 5) is 20.7. The molecular formula is C20H25FN6O2. The zero-order chi connectivity index (χ0) is 21.2. The van der Waals surface area contributed by atoms with E-state index in [0.29, 0.717) is 28.2 Å². The molecule has 2 heterocycles. The minimum Gasteiger partial charge on any atom is -0.444 e. The molecule has 29 heavy (non-hydrogen) atoms. The molecule has 154 valence electrons. The molecule has 0 saturated heterocycles. The lowest BCUT2D eigenvalue weighted by atomic mass is 10.1. The second-order valence-electron chi connectivity index (χ2n) is 7.68. The van der Waals surface area contributed by atoms with E-state index in [-0.39, 0.29) is 0 Å². The number of hydrogen-bond donors (Lipinski definition) is 2. The van der Waals surface area contributed by atoms with Crippen molar-refractivity contribution < 1.29 is 13.9 Å². The predicted molar refractivity (Wildman–Crippen MR) is 109 cm³/mol. The Morgan fingerprint density at radius 1 is 1.34 bits per heavy atom. The number of carbonyl (C=O) groups excluding carboxylic acids is 1. The fraction of sp³-hybridized carbons (Fsp3) is 0.400. The minimum absolute atomic E-state index is 0.375. The Balaban J connectivity index is 1.76. The molecule has 0 aliphatic heterocycles. The number of aryl methyl sites for hydroxylation is 1. The van der Waals surface area contributed by atoms with Gasteiger partial charge in [0.2, 0.25) is 5.65 Å². The van der Waals surface area contributed by atoms with Gasteiger partial charge in [-0.15, -0.1) is 0 Å². The standard InChI is InChI=1S/C20H25FN6O2/c1-6-27-11-16-18(26-27)25-17(10-22-16)23-12(2)14-9-13(7-8-15(14)21)24-19(28)29-20(3,4)5/h7-12H,6H2,1-5H3,(H,24,28)(H,23,25,26)/t12-/m0/s1. The van der Waals surface area contributed by atoms with E-state index in [0.717, 1.165) is 6.54 Å². The van der Waals surface area contributed by atoms with Gasteiger partial charge in [0.15, 0.2) is 0 Å². The molecule has 0 unspecified atom stereocenters.